The summed E-state index contributed by atoms with van der Waals surface area (Å²) in [6.45, 7) is 1.44. The topological polar surface area (TPSA) is 59.3 Å². The average Bonchev–Trinajstić information content (AvgIpc) is 2.68. The van der Waals surface area contributed by atoms with Crippen molar-refractivity contribution in [1.82, 2.24) is 4.90 Å². The first-order chi connectivity index (χ1) is 13.4. The van der Waals surface area contributed by atoms with Gasteiger partial charge in [-0.25, -0.2) is 0 Å². The third kappa shape index (κ3) is 4.83. The van der Waals surface area contributed by atoms with Crippen LogP contribution < -0.4 is 5.32 Å². The highest BCUT2D eigenvalue weighted by molar-refractivity contribution is 5.59. The number of nitrogens with one attached hydrogen (secondary N) is 1. The summed E-state index contributed by atoms with van der Waals surface area (Å²) in [4.78, 5) is 2.01. The number of hydrogen-bond acceptors (Lipinski definition) is 4. The minimum Gasteiger partial charge on any atom is -0.392 e. The Hall–Kier alpha value is -2.56. The first kappa shape index (κ1) is 20.2. The fourth-order valence-electron chi connectivity index (χ4n) is 3.62. The lowest BCUT2D eigenvalue weighted by Crippen LogP contribution is -2.42. The molecule has 0 radical (unpaired) electrons. The van der Waals surface area contributed by atoms with E-state index in [9.17, 15) is 23.5 Å². The van der Waals surface area contributed by atoms with Gasteiger partial charge in [-0.1, -0.05) is 24.3 Å². The van der Waals surface area contributed by atoms with Gasteiger partial charge in [0.15, 0.2) is 0 Å². The number of alkyl halides is 3. The number of benzene rings is 2. The van der Waals surface area contributed by atoms with Crippen LogP contribution in [0, 0.1) is 11.3 Å². The lowest BCUT2D eigenvalue weighted by Gasteiger charge is -2.34. The first-order valence-electron chi connectivity index (χ1n) is 9.18. The lowest BCUT2D eigenvalue weighted by atomic mass is 10.0. The van der Waals surface area contributed by atoms with Crippen LogP contribution in [0.3, 0.4) is 0 Å². The van der Waals surface area contributed by atoms with Crippen molar-refractivity contribution in [1.29, 1.82) is 5.26 Å². The number of likely N-dealkylation sites (tertiary alicyclic amines) is 1. The van der Waals surface area contributed by atoms with Crippen LogP contribution in [0.1, 0.15) is 35.1 Å². The Morgan fingerprint density at radius 3 is 2.71 bits per heavy atom. The molecule has 1 atom stereocenters. The number of aliphatic hydroxyl groups is 1. The second-order valence-corrected chi connectivity index (χ2v) is 7.02. The van der Waals surface area contributed by atoms with Crippen molar-refractivity contribution >= 4 is 5.69 Å². The second-order valence-electron chi connectivity index (χ2n) is 7.02. The van der Waals surface area contributed by atoms with E-state index in [1.165, 1.54) is 12.1 Å². The molecule has 0 amide bonds. The van der Waals surface area contributed by atoms with Crippen molar-refractivity contribution in [3.05, 3.63) is 64.7 Å². The highest BCUT2D eigenvalue weighted by atomic mass is 19.4. The predicted molar refractivity (Wildman–Crippen MR) is 100 cm³/mol. The number of nitrogens with zero attached hydrogens (tertiary/aromatic N) is 2. The Balaban J connectivity index is 1.70. The molecule has 0 aliphatic carbocycles. The SMILES string of the molecule is N#Cc1cc(CO)ccc1NC1CCCN(Cc2ccccc2C(F)(F)F)C1. The minimum absolute atomic E-state index is 0.0406. The van der Waals surface area contributed by atoms with Crippen molar-refractivity contribution in [2.75, 3.05) is 18.4 Å². The smallest absolute Gasteiger partial charge is 0.392 e. The summed E-state index contributed by atoms with van der Waals surface area (Å²) >= 11 is 0. The summed E-state index contributed by atoms with van der Waals surface area (Å²) in [6.07, 6.45) is -2.62. The highest BCUT2D eigenvalue weighted by Crippen LogP contribution is 2.33. The summed E-state index contributed by atoms with van der Waals surface area (Å²) < 4.78 is 39.7. The fraction of sp³-hybridized carbons (Fsp3) is 0.381. The third-order valence-electron chi connectivity index (χ3n) is 4.97. The van der Waals surface area contributed by atoms with Gasteiger partial charge in [-0.15, -0.1) is 0 Å². The molecular formula is C21H22F3N3O. The van der Waals surface area contributed by atoms with E-state index >= 15 is 0 Å². The molecule has 148 valence electrons. The van der Waals surface area contributed by atoms with Crippen LogP contribution in [0.15, 0.2) is 42.5 Å². The van der Waals surface area contributed by atoms with Crippen molar-refractivity contribution in [3.8, 4) is 6.07 Å². The molecule has 2 aromatic carbocycles. The summed E-state index contributed by atoms with van der Waals surface area (Å²) in [5.41, 5.74) is 1.49. The average molecular weight is 389 g/mol. The van der Waals surface area contributed by atoms with Gasteiger partial charge < -0.3 is 10.4 Å². The van der Waals surface area contributed by atoms with Crippen LogP contribution in [0.4, 0.5) is 18.9 Å². The molecule has 28 heavy (non-hydrogen) atoms. The fourth-order valence-corrected chi connectivity index (χ4v) is 3.62. The minimum atomic E-state index is -4.36. The Bertz CT molecular complexity index is 861. The van der Waals surface area contributed by atoms with E-state index in [0.717, 1.165) is 25.5 Å². The van der Waals surface area contributed by atoms with Gasteiger partial charge in [0.25, 0.3) is 0 Å². The third-order valence-corrected chi connectivity index (χ3v) is 4.97. The highest BCUT2D eigenvalue weighted by Gasteiger charge is 2.33. The molecule has 0 saturated carbocycles. The van der Waals surface area contributed by atoms with E-state index in [0.29, 0.717) is 23.4 Å². The maximum Gasteiger partial charge on any atom is 0.416 e. The molecule has 1 aliphatic rings. The van der Waals surface area contributed by atoms with Crippen LogP contribution >= 0.6 is 0 Å². The second kappa shape index (κ2) is 8.63. The van der Waals surface area contributed by atoms with Gasteiger partial charge in [0, 0.05) is 19.1 Å². The van der Waals surface area contributed by atoms with Gasteiger partial charge in [-0.05, 0) is 48.7 Å². The number of hydrogen-bond donors (Lipinski definition) is 2. The number of aliphatic hydroxyl groups excluding tert-OH is 1. The van der Waals surface area contributed by atoms with Crippen molar-refractivity contribution < 1.29 is 18.3 Å². The van der Waals surface area contributed by atoms with Crippen LogP contribution in [0.5, 0.6) is 0 Å². The normalized spacial score (nSPS) is 17.9. The van der Waals surface area contributed by atoms with Crippen molar-refractivity contribution in [3.63, 3.8) is 0 Å². The number of nitriles is 1. The zero-order valence-corrected chi connectivity index (χ0v) is 15.3. The molecule has 0 spiro atoms. The van der Waals surface area contributed by atoms with Crippen LogP contribution in [-0.2, 0) is 19.3 Å². The molecule has 1 unspecified atom stereocenters. The number of piperidine rings is 1. The van der Waals surface area contributed by atoms with E-state index in [2.05, 4.69) is 11.4 Å². The van der Waals surface area contributed by atoms with Gasteiger partial charge in [0.2, 0.25) is 0 Å². The van der Waals surface area contributed by atoms with E-state index in [1.807, 2.05) is 4.90 Å². The van der Waals surface area contributed by atoms with E-state index in [-0.39, 0.29) is 24.8 Å². The molecule has 1 aliphatic heterocycles. The van der Waals surface area contributed by atoms with Gasteiger partial charge >= 0.3 is 6.18 Å². The van der Waals surface area contributed by atoms with Crippen molar-refractivity contribution in [2.24, 2.45) is 0 Å². The molecule has 0 aromatic heterocycles. The zero-order chi connectivity index (χ0) is 20.1. The standard InChI is InChI=1S/C21H22F3N3O/c22-21(23,24)19-6-2-1-4-16(19)12-27-9-3-5-18(13-27)26-20-8-7-15(14-28)10-17(20)11-25/h1-2,4,6-8,10,18,26,28H,3,5,9,12-14H2. The van der Waals surface area contributed by atoms with Gasteiger partial charge in [0.05, 0.1) is 23.4 Å². The molecule has 7 heteroatoms. The number of halogens is 3. The number of rotatable bonds is 5. The molecule has 3 rings (SSSR count). The summed E-state index contributed by atoms with van der Waals surface area (Å²) in [5, 5.41) is 21.9. The maximum atomic E-state index is 13.2. The Morgan fingerprint density at radius 1 is 1.21 bits per heavy atom. The van der Waals surface area contributed by atoms with E-state index < -0.39 is 11.7 Å². The predicted octanol–water partition coefficient (Wildman–Crippen LogP) is 4.15. The molecule has 2 aromatic rings. The molecule has 1 saturated heterocycles. The van der Waals surface area contributed by atoms with Gasteiger partial charge in [-0.3, -0.25) is 4.90 Å². The Kier molecular flexibility index (Phi) is 6.22. The van der Waals surface area contributed by atoms with Crippen LogP contribution in [0.25, 0.3) is 0 Å². The monoisotopic (exact) mass is 389 g/mol. The molecule has 4 nitrogen and oxygen atoms in total. The molecular weight excluding hydrogens is 367 g/mol. The molecule has 2 N–H and O–H groups in total. The van der Waals surface area contributed by atoms with Crippen LogP contribution in [-0.4, -0.2) is 29.1 Å². The zero-order valence-electron chi connectivity index (χ0n) is 15.3. The first-order valence-corrected chi connectivity index (χ1v) is 9.18. The molecule has 1 fully saturated rings. The maximum absolute atomic E-state index is 13.2. The lowest BCUT2D eigenvalue weighted by molar-refractivity contribution is -0.138. The van der Waals surface area contributed by atoms with Gasteiger partial charge in [0.1, 0.15) is 6.07 Å². The molecule has 0 bridgehead atoms. The summed E-state index contributed by atoms with van der Waals surface area (Å²) in [6, 6.07) is 13.0. The van der Waals surface area contributed by atoms with E-state index in [4.69, 9.17) is 0 Å². The van der Waals surface area contributed by atoms with Crippen molar-refractivity contribution in [2.45, 2.75) is 38.2 Å². The summed E-state index contributed by atoms with van der Waals surface area (Å²) in [5.74, 6) is 0. The molecule has 1 heterocycles. The summed E-state index contributed by atoms with van der Waals surface area (Å²) in [7, 11) is 0. The quantitative estimate of drug-likeness (QED) is 0.807. The Labute approximate surface area is 162 Å². The largest absolute Gasteiger partial charge is 0.416 e. The number of anilines is 1. The van der Waals surface area contributed by atoms with Crippen LogP contribution in [0.2, 0.25) is 0 Å². The Morgan fingerprint density at radius 2 is 2.00 bits per heavy atom. The van der Waals surface area contributed by atoms with E-state index in [1.54, 1.807) is 24.3 Å². The van der Waals surface area contributed by atoms with Gasteiger partial charge in [-0.2, -0.15) is 18.4 Å².